The zero-order chi connectivity index (χ0) is 15.5. The van der Waals surface area contributed by atoms with E-state index in [1.165, 1.54) is 6.07 Å². The van der Waals surface area contributed by atoms with Crippen molar-refractivity contribution in [1.29, 1.82) is 5.26 Å². The number of hydrogen-bond acceptors (Lipinski definition) is 7. The number of H-pyrrole nitrogens is 1. The molecule has 0 fully saturated rings. The van der Waals surface area contributed by atoms with E-state index < -0.39 is 20.7 Å². The first kappa shape index (κ1) is 14.6. The largest absolute Gasteiger partial charge is 0.357 e. The average Bonchev–Trinajstić information content (AvgIpc) is 2.93. The lowest BCUT2D eigenvalue weighted by Gasteiger charge is -2.08. The molecule has 2 rings (SSSR count). The van der Waals surface area contributed by atoms with E-state index in [1.54, 1.807) is 6.07 Å². The number of primary sulfonamides is 1. The zero-order valence-electron chi connectivity index (χ0n) is 10.3. The SMILES string of the molecule is N#CC(=CNc1c(F)cccc1S(N)(=O)=O)c1nn[nH]n1. The maximum absolute atomic E-state index is 13.7. The number of para-hydroxylation sites is 1. The molecule has 0 aliphatic carbocycles. The van der Waals surface area contributed by atoms with Crippen LogP contribution >= 0.6 is 0 Å². The number of anilines is 1. The minimum atomic E-state index is -4.13. The molecule has 1 heterocycles. The summed E-state index contributed by atoms with van der Waals surface area (Å²) in [5.74, 6) is -0.873. The molecule has 0 atom stereocenters. The highest BCUT2D eigenvalue weighted by Gasteiger charge is 2.17. The fourth-order valence-electron chi connectivity index (χ4n) is 1.45. The molecule has 1 aromatic carbocycles. The summed E-state index contributed by atoms with van der Waals surface area (Å²) in [6.07, 6.45) is 1.05. The van der Waals surface area contributed by atoms with Crippen molar-refractivity contribution >= 4 is 21.3 Å². The fraction of sp³-hybridized carbons (Fsp3) is 0. The summed E-state index contributed by atoms with van der Waals surface area (Å²) in [7, 11) is -4.13. The Morgan fingerprint density at radius 3 is 2.86 bits per heavy atom. The van der Waals surface area contributed by atoms with Crippen molar-refractivity contribution in [3.05, 3.63) is 36.0 Å². The molecule has 11 heteroatoms. The summed E-state index contributed by atoms with van der Waals surface area (Å²) < 4.78 is 36.5. The highest BCUT2D eigenvalue weighted by molar-refractivity contribution is 7.89. The van der Waals surface area contributed by atoms with Gasteiger partial charge >= 0.3 is 0 Å². The highest BCUT2D eigenvalue weighted by atomic mass is 32.2. The maximum atomic E-state index is 13.7. The number of rotatable bonds is 4. The summed E-state index contributed by atoms with van der Waals surface area (Å²) in [5.41, 5.74) is -0.455. The normalized spacial score (nSPS) is 12.0. The first-order valence-electron chi connectivity index (χ1n) is 5.35. The number of nitrogens with two attached hydrogens (primary N) is 1. The molecule has 0 saturated carbocycles. The van der Waals surface area contributed by atoms with Crippen molar-refractivity contribution in [1.82, 2.24) is 20.6 Å². The number of nitrogens with one attached hydrogen (secondary N) is 2. The summed E-state index contributed by atoms with van der Waals surface area (Å²) in [6, 6.07) is 5.15. The van der Waals surface area contributed by atoms with Crippen LogP contribution in [-0.2, 0) is 10.0 Å². The van der Waals surface area contributed by atoms with Crippen LogP contribution in [-0.4, -0.2) is 29.0 Å². The Morgan fingerprint density at radius 1 is 1.52 bits per heavy atom. The van der Waals surface area contributed by atoms with E-state index in [9.17, 15) is 12.8 Å². The number of benzene rings is 1. The van der Waals surface area contributed by atoms with Crippen molar-refractivity contribution in [2.75, 3.05) is 5.32 Å². The minimum absolute atomic E-state index is 0.0292. The zero-order valence-corrected chi connectivity index (χ0v) is 11.1. The molecule has 2 aromatic rings. The Kier molecular flexibility index (Phi) is 3.92. The molecule has 21 heavy (non-hydrogen) atoms. The van der Waals surface area contributed by atoms with E-state index in [0.29, 0.717) is 0 Å². The van der Waals surface area contributed by atoms with Crippen LogP contribution in [0.5, 0.6) is 0 Å². The maximum Gasteiger partial charge on any atom is 0.240 e. The number of sulfonamides is 1. The molecule has 0 aliphatic rings. The van der Waals surface area contributed by atoms with Crippen molar-refractivity contribution in [3.63, 3.8) is 0 Å². The third-order valence-corrected chi connectivity index (χ3v) is 3.30. The Labute approximate surface area is 118 Å². The van der Waals surface area contributed by atoms with Crippen molar-refractivity contribution < 1.29 is 12.8 Å². The molecular weight excluding hydrogens is 301 g/mol. The van der Waals surface area contributed by atoms with Crippen LogP contribution < -0.4 is 10.5 Å². The van der Waals surface area contributed by atoms with Gasteiger partial charge in [0.1, 0.15) is 22.4 Å². The number of halogens is 1. The molecule has 0 saturated heterocycles. The van der Waals surface area contributed by atoms with Gasteiger partial charge in [-0.15, -0.1) is 10.2 Å². The second kappa shape index (κ2) is 5.65. The van der Waals surface area contributed by atoms with E-state index >= 15 is 0 Å². The highest BCUT2D eigenvalue weighted by Crippen LogP contribution is 2.24. The number of aromatic nitrogens is 4. The Morgan fingerprint density at radius 2 is 2.29 bits per heavy atom. The summed E-state index contributed by atoms with van der Waals surface area (Å²) in [6.45, 7) is 0. The Bertz CT molecular complexity index is 824. The number of allylic oxidation sites excluding steroid dienone is 1. The Balaban J connectivity index is 2.43. The summed E-state index contributed by atoms with van der Waals surface area (Å²) in [4.78, 5) is -0.441. The summed E-state index contributed by atoms with van der Waals surface area (Å²) in [5, 5.41) is 28.9. The van der Waals surface area contributed by atoms with Gasteiger partial charge in [-0.3, -0.25) is 0 Å². The van der Waals surface area contributed by atoms with Gasteiger partial charge in [-0.2, -0.15) is 10.5 Å². The lowest BCUT2D eigenvalue weighted by atomic mass is 10.2. The van der Waals surface area contributed by atoms with Crippen LogP contribution in [0.15, 0.2) is 29.3 Å². The summed E-state index contributed by atoms with van der Waals surface area (Å²) >= 11 is 0. The molecule has 0 bridgehead atoms. The molecule has 1 aromatic heterocycles. The van der Waals surface area contributed by atoms with Gasteiger partial charge in [0, 0.05) is 6.20 Å². The third-order valence-electron chi connectivity index (χ3n) is 2.35. The van der Waals surface area contributed by atoms with Crippen LogP contribution in [0, 0.1) is 17.1 Å². The third kappa shape index (κ3) is 3.19. The first-order valence-corrected chi connectivity index (χ1v) is 6.90. The van der Waals surface area contributed by atoms with Gasteiger partial charge in [0.25, 0.3) is 0 Å². The van der Waals surface area contributed by atoms with Crippen LogP contribution in [0.4, 0.5) is 10.1 Å². The van der Waals surface area contributed by atoms with E-state index in [2.05, 4.69) is 25.9 Å². The quantitative estimate of drug-likeness (QED) is 0.670. The standard InChI is InChI=1S/C10H8FN7O2S/c11-7-2-1-3-8(21(13,19)20)9(7)14-5-6(4-12)10-15-17-18-16-10/h1-3,5,14H,(H2,13,19,20)(H,15,16,17,18). The first-order chi connectivity index (χ1) is 9.93. The van der Waals surface area contributed by atoms with Gasteiger partial charge < -0.3 is 5.32 Å². The molecule has 0 spiro atoms. The molecule has 108 valence electrons. The van der Waals surface area contributed by atoms with Gasteiger partial charge in [-0.25, -0.2) is 17.9 Å². The lowest BCUT2D eigenvalue weighted by Crippen LogP contribution is -2.15. The number of hydrogen-bond donors (Lipinski definition) is 3. The smallest absolute Gasteiger partial charge is 0.240 e. The van der Waals surface area contributed by atoms with E-state index in [0.717, 1.165) is 18.3 Å². The molecule has 0 aliphatic heterocycles. The van der Waals surface area contributed by atoms with Crippen LogP contribution in [0.2, 0.25) is 0 Å². The molecule has 0 unspecified atom stereocenters. The predicted octanol–water partition coefficient (Wildman–Crippen LogP) is -0.0372. The van der Waals surface area contributed by atoms with E-state index in [-0.39, 0.29) is 17.1 Å². The van der Waals surface area contributed by atoms with Crippen LogP contribution in [0.3, 0.4) is 0 Å². The van der Waals surface area contributed by atoms with Gasteiger partial charge in [-0.05, 0) is 17.3 Å². The molecule has 0 amide bonds. The fourth-order valence-corrected chi connectivity index (χ4v) is 2.16. The van der Waals surface area contributed by atoms with Gasteiger partial charge in [0.2, 0.25) is 15.8 Å². The lowest BCUT2D eigenvalue weighted by molar-refractivity contribution is 0.594. The monoisotopic (exact) mass is 309 g/mol. The Hall–Kier alpha value is -2.84. The number of nitrogens with zero attached hydrogens (tertiary/aromatic N) is 4. The molecular formula is C10H8FN7O2S. The van der Waals surface area contributed by atoms with E-state index in [1.807, 2.05) is 0 Å². The van der Waals surface area contributed by atoms with Crippen molar-refractivity contribution in [2.24, 2.45) is 5.14 Å². The minimum Gasteiger partial charge on any atom is -0.357 e. The number of nitriles is 1. The average molecular weight is 309 g/mol. The topological polar surface area (TPSA) is 150 Å². The van der Waals surface area contributed by atoms with Crippen molar-refractivity contribution in [2.45, 2.75) is 4.90 Å². The molecule has 4 N–H and O–H groups in total. The van der Waals surface area contributed by atoms with Gasteiger partial charge in [0.15, 0.2) is 0 Å². The van der Waals surface area contributed by atoms with Crippen LogP contribution in [0.25, 0.3) is 5.57 Å². The van der Waals surface area contributed by atoms with E-state index in [4.69, 9.17) is 10.4 Å². The van der Waals surface area contributed by atoms with Gasteiger partial charge in [-0.1, -0.05) is 6.07 Å². The molecule has 0 radical (unpaired) electrons. The molecule has 9 nitrogen and oxygen atoms in total. The van der Waals surface area contributed by atoms with Crippen LogP contribution in [0.1, 0.15) is 5.82 Å². The number of tetrazole rings is 1. The second-order valence-corrected chi connectivity index (χ2v) is 5.24. The van der Waals surface area contributed by atoms with Crippen molar-refractivity contribution in [3.8, 4) is 6.07 Å². The number of aromatic amines is 1. The second-order valence-electron chi connectivity index (χ2n) is 3.71. The van der Waals surface area contributed by atoms with Gasteiger partial charge in [0.05, 0.1) is 5.69 Å². The predicted molar refractivity (Wildman–Crippen MR) is 69.2 cm³/mol.